The molecule has 0 spiro atoms. The van der Waals surface area contributed by atoms with Crippen molar-refractivity contribution < 1.29 is 4.79 Å². The second-order valence-electron chi connectivity index (χ2n) is 4.22. The van der Waals surface area contributed by atoms with Crippen LogP contribution in [0.15, 0.2) is 18.5 Å². The number of nitrogens with zero attached hydrogens (tertiary/aromatic N) is 3. The van der Waals surface area contributed by atoms with Crippen molar-refractivity contribution in [2.24, 2.45) is 0 Å². The molecule has 0 fully saturated rings. The zero-order chi connectivity index (χ0) is 14.5. The van der Waals surface area contributed by atoms with Crippen molar-refractivity contribution in [1.82, 2.24) is 25.4 Å². The van der Waals surface area contributed by atoms with Crippen LogP contribution in [0.1, 0.15) is 30.6 Å². The Labute approximate surface area is 126 Å². The van der Waals surface area contributed by atoms with E-state index in [0.29, 0.717) is 10.9 Å². The van der Waals surface area contributed by atoms with Crippen LogP contribution in [0.3, 0.4) is 0 Å². The fraction of sp³-hybridized carbons (Fsp3) is 0.417. The molecule has 0 aliphatic carbocycles. The van der Waals surface area contributed by atoms with E-state index in [1.165, 1.54) is 11.3 Å². The second-order valence-corrected chi connectivity index (χ2v) is 5.97. The molecule has 0 aliphatic heterocycles. The first-order chi connectivity index (χ1) is 9.60. The maximum absolute atomic E-state index is 11.8. The predicted octanol–water partition coefficient (Wildman–Crippen LogP) is 2.57. The molecule has 1 unspecified atom stereocenters. The minimum Gasteiger partial charge on any atom is -0.331 e. The first-order valence-corrected chi connectivity index (χ1v) is 7.46. The van der Waals surface area contributed by atoms with E-state index in [-0.39, 0.29) is 12.1 Å². The van der Waals surface area contributed by atoms with E-state index >= 15 is 0 Å². The average molecular weight is 314 g/mol. The number of carbonyl (C=O) groups excluding carboxylic acids is 1. The number of thiophene rings is 1. The smallest absolute Gasteiger partial charge is 0.315 e. The van der Waals surface area contributed by atoms with Crippen molar-refractivity contribution in [2.45, 2.75) is 33.0 Å². The van der Waals surface area contributed by atoms with Crippen LogP contribution in [-0.4, -0.2) is 20.8 Å². The molecular weight excluding hydrogens is 298 g/mol. The molecule has 6 nitrogen and oxygen atoms in total. The Hall–Kier alpha value is -1.60. The summed E-state index contributed by atoms with van der Waals surface area (Å²) >= 11 is 7.33. The summed E-state index contributed by atoms with van der Waals surface area (Å²) in [5.41, 5.74) is 0. The summed E-state index contributed by atoms with van der Waals surface area (Å²) in [6.07, 6.45) is 1.64. The van der Waals surface area contributed by atoms with Gasteiger partial charge in [0.15, 0.2) is 5.82 Å². The van der Waals surface area contributed by atoms with E-state index in [0.717, 1.165) is 17.2 Å². The van der Waals surface area contributed by atoms with Crippen molar-refractivity contribution >= 4 is 29.0 Å². The van der Waals surface area contributed by atoms with Gasteiger partial charge in [-0.1, -0.05) is 11.6 Å². The maximum Gasteiger partial charge on any atom is 0.315 e. The minimum absolute atomic E-state index is 0.0865. The highest BCUT2D eigenvalue weighted by atomic mass is 35.5. The fourth-order valence-corrected chi connectivity index (χ4v) is 2.78. The Kier molecular flexibility index (Phi) is 4.97. The van der Waals surface area contributed by atoms with Crippen molar-refractivity contribution in [3.8, 4) is 0 Å². The zero-order valence-electron chi connectivity index (χ0n) is 11.3. The number of aromatic nitrogens is 3. The molecule has 2 aromatic heterocycles. The highest BCUT2D eigenvalue weighted by Gasteiger charge is 2.12. The van der Waals surface area contributed by atoms with Crippen molar-refractivity contribution in [1.29, 1.82) is 0 Å². The number of amides is 2. The van der Waals surface area contributed by atoms with Gasteiger partial charge < -0.3 is 15.2 Å². The van der Waals surface area contributed by atoms with Crippen LogP contribution in [0.25, 0.3) is 0 Å². The zero-order valence-corrected chi connectivity index (χ0v) is 12.8. The van der Waals surface area contributed by atoms with Crippen LogP contribution in [0.5, 0.6) is 0 Å². The fourth-order valence-electron chi connectivity index (χ4n) is 1.72. The van der Waals surface area contributed by atoms with E-state index in [9.17, 15) is 4.79 Å². The summed E-state index contributed by atoms with van der Waals surface area (Å²) in [7, 11) is 0. The molecule has 0 bridgehead atoms. The lowest BCUT2D eigenvalue weighted by molar-refractivity contribution is 0.237. The average Bonchev–Trinajstić information content (AvgIpc) is 3.04. The van der Waals surface area contributed by atoms with Gasteiger partial charge in [0.1, 0.15) is 6.33 Å². The molecule has 2 aromatic rings. The van der Waals surface area contributed by atoms with E-state index in [2.05, 4.69) is 20.8 Å². The van der Waals surface area contributed by atoms with Crippen LogP contribution in [0.2, 0.25) is 4.34 Å². The van der Waals surface area contributed by atoms with Crippen molar-refractivity contribution in [3.05, 3.63) is 33.5 Å². The van der Waals surface area contributed by atoms with Crippen LogP contribution in [0, 0.1) is 0 Å². The molecule has 8 heteroatoms. The van der Waals surface area contributed by atoms with Gasteiger partial charge in [0.05, 0.1) is 16.9 Å². The summed E-state index contributed by atoms with van der Waals surface area (Å²) < 4.78 is 2.59. The van der Waals surface area contributed by atoms with E-state index in [4.69, 9.17) is 11.6 Å². The molecule has 0 radical (unpaired) electrons. The number of halogens is 1. The van der Waals surface area contributed by atoms with E-state index < -0.39 is 0 Å². The standard InChI is InChI=1S/C12H16ClN5OS/c1-3-18-7-15-17-11(18)6-14-12(19)16-8(2)9-4-5-10(13)20-9/h4-5,7-8H,3,6H2,1-2H3,(H2,14,16,19). The molecule has 20 heavy (non-hydrogen) atoms. The van der Waals surface area contributed by atoms with Crippen LogP contribution >= 0.6 is 22.9 Å². The Morgan fingerprint density at radius 3 is 3.00 bits per heavy atom. The van der Waals surface area contributed by atoms with E-state index in [1.807, 2.05) is 30.5 Å². The minimum atomic E-state index is -0.243. The van der Waals surface area contributed by atoms with Gasteiger partial charge in [-0.15, -0.1) is 21.5 Å². The summed E-state index contributed by atoms with van der Waals surface area (Å²) in [5, 5.41) is 13.4. The van der Waals surface area contributed by atoms with Crippen molar-refractivity contribution in [2.75, 3.05) is 0 Å². The molecule has 2 heterocycles. The third kappa shape index (κ3) is 3.71. The Morgan fingerprint density at radius 2 is 2.35 bits per heavy atom. The molecule has 0 aliphatic rings. The largest absolute Gasteiger partial charge is 0.331 e. The number of rotatable bonds is 5. The molecular formula is C12H16ClN5OS. The molecule has 1 atom stereocenters. The highest BCUT2D eigenvalue weighted by Crippen LogP contribution is 2.26. The molecule has 108 valence electrons. The summed E-state index contributed by atoms with van der Waals surface area (Å²) in [6.45, 7) is 5.03. The number of urea groups is 1. The summed E-state index contributed by atoms with van der Waals surface area (Å²) in [4.78, 5) is 12.8. The lowest BCUT2D eigenvalue weighted by atomic mass is 10.3. The predicted molar refractivity (Wildman–Crippen MR) is 78.8 cm³/mol. The van der Waals surface area contributed by atoms with Gasteiger partial charge in [-0.3, -0.25) is 0 Å². The Balaban J connectivity index is 1.83. The lowest BCUT2D eigenvalue weighted by Gasteiger charge is -2.13. The quantitative estimate of drug-likeness (QED) is 0.891. The van der Waals surface area contributed by atoms with Gasteiger partial charge in [-0.2, -0.15) is 0 Å². The third-order valence-corrected chi connectivity index (χ3v) is 4.23. The molecule has 2 rings (SSSR count). The molecule has 2 amide bonds. The number of hydrogen-bond acceptors (Lipinski definition) is 4. The van der Waals surface area contributed by atoms with Crippen molar-refractivity contribution in [3.63, 3.8) is 0 Å². The molecule has 0 aromatic carbocycles. The van der Waals surface area contributed by atoms with Gasteiger partial charge in [0.25, 0.3) is 0 Å². The molecule has 0 saturated heterocycles. The SMILES string of the molecule is CCn1cnnc1CNC(=O)NC(C)c1ccc(Cl)s1. The molecule has 2 N–H and O–H groups in total. The monoisotopic (exact) mass is 313 g/mol. The van der Waals surface area contributed by atoms with Gasteiger partial charge >= 0.3 is 6.03 Å². The number of carbonyl (C=O) groups is 1. The first-order valence-electron chi connectivity index (χ1n) is 6.26. The van der Waals surface area contributed by atoms with Crippen LogP contribution in [-0.2, 0) is 13.1 Å². The van der Waals surface area contributed by atoms with Crippen LogP contribution in [0.4, 0.5) is 4.79 Å². The Morgan fingerprint density at radius 1 is 1.55 bits per heavy atom. The van der Waals surface area contributed by atoms with Crippen LogP contribution < -0.4 is 10.6 Å². The number of aryl methyl sites for hydroxylation is 1. The number of hydrogen-bond donors (Lipinski definition) is 2. The Bertz CT molecular complexity index is 582. The topological polar surface area (TPSA) is 71.8 Å². The second kappa shape index (κ2) is 6.71. The first kappa shape index (κ1) is 14.8. The third-order valence-electron chi connectivity index (χ3n) is 2.81. The normalized spacial score (nSPS) is 12.2. The number of nitrogens with one attached hydrogen (secondary N) is 2. The van der Waals surface area contributed by atoms with Gasteiger partial charge in [-0.25, -0.2) is 4.79 Å². The maximum atomic E-state index is 11.8. The summed E-state index contributed by atoms with van der Waals surface area (Å²) in [5.74, 6) is 0.731. The summed E-state index contributed by atoms with van der Waals surface area (Å²) in [6, 6.07) is 3.40. The van der Waals surface area contributed by atoms with Gasteiger partial charge in [-0.05, 0) is 26.0 Å². The lowest BCUT2D eigenvalue weighted by Crippen LogP contribution is -2.37. The van der Waals surface area contributed by atoms with Gasteiger partial charge in [0, 0.05) is 11.4 Å². The highest BCUT2D eigenvalue weighted by molar-refractivity contribution is 7.16. The molecule has 0 saturated carbocycles. The van der Waals surface area contributed by atoms with E-state index in [1.54, 1.807) is 6.33 Å². The van der Waals surface area contributed by atoms with Gasteiger partial charge in [0.2, 0.25) is 0 Å².